The Kier molecular flexibility index (Phi) is 5.18. The van der Waals surface area contributed by atoms with E-state index in [0.717, 1.165) is 6.42 Å². The van der Waals surface area contributed by atoms with Gasteiger partial charge in [0.1, 0.15) is 5.82 Å². The normalized spacial score (nSPS) is 24.8. The van der Waals surface area contributed by atoms with E-state index in [1.807, 2.05) is 29.5 Å². The summed E-state index contributed by atoms with van der Waals surface area (Å²) in [5.74, 6) is -2.45. The van der Waals surface area contributed by atoms with Gasteiger partial charge in [-0.2, -0.15) is 0 Å². The van der Waals surface area contributed by atoms with Crippen molar-refractivity contribution >= 4 is 40.2 Å². The number of nitrogens with one attached hydrogen (secondary N) is 1. The van der Waals surface area contributed by atoms with Gasteiger partial charge in [-0.3, -0.25) is 9.59 Å². The Labute approximate surface area is 136 Å². The van der Waals surface area contributed by atoms with Crippen LogP contribution in [0.4, 0.5) is 10.1 Å². The summed E-state index contributed by atoms with van der Waals surface area (Å²) in [7, 11) is 0. The summed E-state index contributed by atoms with van der Waals surface area (Å²) in [6, 6.07) is 4.10. The molecule has 0 aliphatic heterocycles. The van der Waals surface area contributed by atoms with Gasteiger partial charge in [-0.25, -0.2) is 4.39 Å². The zero-order chi connectivity index (χ0) is 15.6. The molecule has 2 N–H and O–H groups in total. The van der Waals surface area contributed by atoms with Gasteiger partial charge in [0.2, 0.25) is 5.91 Å². The lowest BCUT2D eigenvalue weighted by Gasteiger charge is -2.16. The van der Waals surface area contributed by atoms with E-state index in [1.54, 1.807) is 0 Å². The Hall–Kier alpha value is -1.18. The van der Waals surface area contributed by atoms with Gasteiger partial charge >= 0.3 is 5.97 Å². The second-order valence-electron chi connectivity index (χ2n) is 5.41. The topological polar surface area (TPSA) is 66.4 Å². The molecular weight excluding hydrogens is 388 g/mol. The fraction of sp³-hybridized carbons (Fsp3) is 0.467. The molecular formula is C15H17FINO3. The molecule has 0 bridgehead atoms. The van der Waals surface area contributed by atoms with Crippen LogP contribution < -0.4 is 5.32 Å². The summed E-state index contributed by atoms with van der Waals surface area (Å²) in [4.78, 5) is 23.7. The quantitative estimate of drug-likeness (QED) is 0.754. The van der Waals surface area contributed by atoms with Crippen LogP contribution in [0.15, 0.2) is 18.2 Å². The van der Waals surface area contributed by atoms with Crippen LogP contribution >= 0.6 is 22.6 Å². The monoisotopic (exact) mass is 405 g/mol. The number of aliphatic carboxylic acids is 1. The largest absolute Gasteiger partial charge is 0.481 e. The molecule has 0 spiro atoms. The van der Waals surface area contributed by atoms with Crippen LogP contribution in [0, 0.1) is 27.1 Å². The number of benzene rings is 1. The van der Waals surface area contributed by atoms with E-state index in [2.05, 4.69) is 5.32 Å². The Morgan fingerprint density at radius 2 is 2.05 bits per heavy atom. The number of carbonyl (C=O) groups excluding carboxylic acids is 1. The number of carboxylic acid groups (broad SMARTS) is 1. The lowest BCUT2D eigenvalue weighted by atomic mass is 9.95. The zero-order valence-corrected chi connectivity index (χ0v) is 13.8. The molecule has 1 aliphatic carbocycles. The van der Waals surface area contributed by atoms with E-state index >= 15 is 0 Å². The lowest BCUT2D eigenvalue weighted by molar-refractivity contribution is -0.145. The van der Waals surface area contributed by atoms with E-state index < -0.39 is 17.8 Å². The highest BCUT2D eigenvalue weighted by Gasteiger charge is 2.42. The van der Waals surface area contributed by atoms with Crippen molar-refractivity contribution in [3.63, 3.8) is 0 Å². The Morgan fingerprint density at radius 1 is 1.38 bits per heavy atom. The fourth-order valence-corrected chi connectivity index (χ4v) is 3.47. The summed E-state index contributed by atoms with van der Waals surface area (Å²) >= 11 is 1.94. The van der Waals surface area contributed by atoms with Crippen molar-refractivity contribution in [3.8, 4) is 0 Å². The molecule has 4 nitrogen and oxygen atoms in total. The molecule has 0 heterocycles. The van der Waals surface area contributed by atoms with Crippen molar-refractivity contribution in [1.29, 1.82) is 0 Å². The number of rotatable bonds is 4. The molecule has 1 aromatic carbocycles. The van der Waals surface area contributed by atoms with Crippen molar-refractivity contribution in [2.45, 2.75) is 26.2 Å². The zero-order valence-electron chi connectivity index (χ0n) is 11.6. The predicted molar refractivity (Wildman–Crippen MR) is 85.4 cm³/mol. The third-order valence-corrected chi connectivity index (χ3v) is 4.97. The average molecular weight is 405 g/mol. The van der Waals surface area contributed by atoms with Gasteiger partial charge < -0.3 is 10.4 Å². The minimum absolute atomic E-state index is 0.272. The third-order valence-electron chi connectivity index (χ3n) is 4.08. The van der Waals surface area contributed by atoms with Crippen LogP contribution in [0.2, 0.25) is 0 Å². The molecule has 0 aromatic heterocycles. The first-order valence-electron chi connectivity index (χ1n) is 6.91. The molecule has 0 radical (unpaired) electrons. The Balaban J connectivity index is 2.13. The van der Waals surface area contributed by atoms with Gasteiger partial charge in [-0.05, 0) is 59.5 Å². The number of halogens is 2. The van der Waals surface area contributed by atoms with Crippen LogP contribution in [0.3, 0.4) is 0 Å². The minimum Gasteiger partial charge on any atom is -0.481 e. The van der Waals surface area contributed by atoms with Crippen LogP contribution in [0.25, 0.3) is 0 Å². The molecule has 1 amide bonds. The number of hydrogen-bond donors (Lipinski definition) is 2. The van der Waals surface area contributed by atoms with Gasteiger partial charge in [-0.1, -0.05) is 13.3 Å². The standard InChI is InChI=1S/C15H17FINO3/c1-2-8-5-10(11(6-8)15(20)21)14(19)18-13-4-3-9(16)7-12(13)17/h3-4,7-8,10-11H,2,5-6H2,1H3,(H,18,19)(H,20,21)/t8?,10-,11+/m0/s1. The average Bonchev–Trinajstić information content (AvgIpc) is 2.86. The number of carboxylic acids is 1. The smallest absolute Gasteiger partial charge is 0.307 e. The van der Waals surface area contributed by atoms with Crippen molar-refractivity contribution in [1.82, 2.24) is 0 Å². The van der Waals surface area contributed by atoms with E-state index in [4.69, 9.17) is 0 Å². The summed E-state index contributed by atoms with van der Waals surface area (Å²) < 4.78 is 13.7. The first-order valence-corrected chi connectivity index (χ1v) is 7.99. The van der Waals surface area contributed by atoms with E-state index in [-0.39, 0.29) is 17.6 Å². The molecule has 1 saturated carbocycles. The molecule has 1 aromatic rings. The predicted octanol–water partition coefficient (Wildman–Crippen LogP) is 3.51. The van der Waals surface area contributed by atoms with Gasteiger partial charge in [0, 0.05) is 3.57 Å². The molecule has 3 atom stereocenters. The minimum atomic E-state index is -0.917. The molecule has 114 valence electrons. The fourth-order valence-electron chi connectivity index (χ4n) is 2.86. The van der Waals surface area contributed by atoms with Crippen LogP contribution in [-0.2, 0) is 9.59 Å². The summed E-state index contributed by atoms with van der Waals surface area (Å²) in [6.45, 7) is 2.01. The summed E-state index contributed by atoms with van der Waals surface area (Å²) in [5, 5.41) is 12.0. The molecule has 6 heteroatoms. The highest BCUT2D eigenvalue weighted by molar-refractivity contribution is 14.1. The van der Waals surface area contributed by atoms with Gasteiger partial charge in [0.05, 0.1) is 17.5 Å². The second-order valence-corrected chi connectivity index (χ2v) is 6.57. The van der Waals surface area contributed by atoms with Gasteiger partial charge in [0.15, 0.2) is 0 Å². The third kappa shape index (κ3) is 3.72. The van der Waals surface area contributed by atoms with Crippen LogP contribution in [0.1, 0.15) is 26.2 Å². The number of amides is 1. The summed E-state index contributed by atoms with van der Waals surface area (Å²) in [6.07, 6.45) is 2.02. The second kappa shape index (κ2) is 6.72. The number of anilines is 1. The maximum atomic E-state index is 13.1. The summed E-state index contributed by atoms with van der Waals surface area (Å²) in [5.41, 5.74) is 0.520. The SMILES string of the molecule is CCC1C[C@H](C(=O)Nc2ccc(F)cc2I)[C@H](C(=O)O)C1. The first kappa shape index (κ1) is 16.2. The highest BCUT2D eigenvalue weighted by atomic mass is 127. The number of hydrogen-bond acceptors (Lipinski definition) is 2. The Bertz CT molecular complexity index is 564. The van der Waals surface area contributed by atoms with Gasteiger partial charge in [0.25, 0.3) is 0 Å². The van der Waals surface area contributed by atoms with Crippen LogP contribution in [0.5, 0.6) is 0 Å². The Morgan fingerprint density at radius 3 is 2.62 bits per heavy atom. The molecule has 1 aliphatic rings. The number of carbonyl (C=O) groups is 2. The molecule has 21 heavy (non-hydrogen) atoms. The van der Waals surface area contributed by atoms with Crippen molar-refractivity contribution in [2.75, 3.05) is 5.32 Å². The van der Waals surface area contributed by atoms with Crippen molar-refractivity contribution < 1.29 is 19.1 Å². The maximum Gasteiger partial charge on any atom is 0.307 e. The highest BCUT2D eigenvalue weighted by Crippen LogP contribution is 2.39. The van der Waals surface area contributed by atoms with Crippen molar-refractivity contribution in [3.05, 3.63) is 27.6 Å². The molecule has 1 unspecified atom stereocenters. The van der Waals surface area contributed by atoms with E-state index in [0.29, 0.717) is 22.1 Å². The van der Waals surface area contributed by atoms with Gasteiger partial charge in [-0.15, -0.1) is 0 Å². The van der Waals surface area contributed by atoms with Crippen LogP contribution in [-0.4, -0.2) is 17.0 Å². The van der Waals surface area contributed by atoms with E-state index in [9.17, 15) is 19.1 Å². The molecule has 1 fully saturated rings. The molecule has 0 saturated heterocycles. The maximum absolute atomic E-state index is 13.1. The molecule has 2 rings (SSSR count). The first-order chi connectivity index (χ1) is 9.92. The van der Waals surface area contributed by atoms with Crippen molar-refractivity contribution in [2.24, 2.45) is 17.8 Å². The van der Waals surface area contributed by atoms with E-state index in [1.165, 1.54) is 18.2 Å². The lowest BCUT2D eigenvalue weighted by Crippen LogP contribution is -2.30.